The average molecular weight is 254 g/mol. The molecule has 0 saturated carbocycles. The second-order valence-corrected chi connectivity index (χ2v) is 5.07. The van der Waals surface area contributed by atoms with Gasteiger partial charge in [0, 0.05) is 37.8 Å². The number of halogens is 2. The van der Waals surface area contributed by atoms with E-state index in [-0.39, 0.29) is 0 Å². The van der Waals surface area contributed by atoms with E-state index in [0.29, 0.717) is 24.2 Å². The van der Waals surface area contributed by atoms with Crippen molar-refractivity contribution >= 4 is 0 Å². The molecular formula is C14H20F2N2. The van der Waals surface area contributed by atoms with Gasteiger partial charge in [-0.25, -0.2) is 8.78 Å². The summed E-state index contributed by atoms with van der Waals surface area (Å²) in [5.41, 5.74) is 0.705. The number of nitrogens with one attached hydrogen (secondary N) is 1. The molecule has 2 unspecified atom stereocenters. The minimum atomic E-state index is -0.500. The van der Waals surface area contributed by atoms with E-state index in [1.165, 1.54) is 12.1 Å². The van der Waals surface area contributed by atoms with Crippen LogP contribution < -0.4 is 5.32 Å². The van der Waals surface area contributed by atoms with E-state index in [4.69, 9.17) is 0 Å². The van der Waals surface area contributed by atoms with Gasteiger partial charge in [0.15, 0.2) is 0 Å². The van der Waals surface area contributed by atoms with Crippen molar-refractivity contribution in [1.29, 1.82) is 0 Å². The molecule has 1 aliphatic rings. The summed E-state index contributed by atoms with van der Waals surface area (Å²) in [6, 6.07) is 4.61. The predicted molar refractivity (Wildman–Crippen MR) is 68.3 cm³/mol. The lowest BCUT2D eigenvalue weighted by molar-refractivity contribution is 0.131. The molecule has 100 valence electrons. The minimum Gasteiger partial charge on any atom is -0.311 e. The van der Waals surface area contributed by atoms with Crippen LogP contribution in [0.2, 0.25) is 0 Å². The van der Waals surface area contributed by atoms with Gasteiger partial charge in [-0.2, -0.15) is 0 Å². The molecule has 2 nitrogen and oxygen atoms in total. The Morgan fingerprint density at radius 1 is 1.28 bits per heavy atom. The van der Waals surface area contributed by atoms with Crippen LogP contribution in [0.4, 0.5) is 8.78 Å². The van der Waals surface area contributed by atoms with Crippen LogP contribution in [0, 0.1) is 11.6 Å². The van der Waals surface area contributed by atoms with Gasteiger partial charge in [-0.05, 0) is 31.0 Å². The Balaban J connectivity index is 2.06. The highest BCUT2D eigenvalue weighted by molar-refractivity contribution is 5.18. The first kappa shape index (κ1) is 13.4. The van der Waals surface area contributed by atoms with Gasteiger partial charge in [-0.3, -0.25) is 4.90 Å². The number of hydrogen-bond donors (Lipinski definition) is 1. The van der Waals surface area contributed by atoms with Crippen LogP contribution in [0.5, 0.6) is 0 Å². The Morgan fingerprint density at radius 2 is 1.94 bits per heavy atom. The van der Waals surface area contributed by atoms with Gasteiger partial charge in [0.25, 0.3) is 0 Å². The quantitative estimate of drug-likeness (QED) is 0.891. The van der Waals surface area contributed by atoms with Crippen LogP contribution in [0.1, 0.15) is 25.8 Å². The molecule has 0 bridgehead atoms. The first-order valence-corrected chi connectivity index (χ1v) is 6.51. The van der Waals surface area contributed by atoms with Gasteiger partial charge in [-0.15, -0.1) is 0 Å². The van der Waals surface area contributed by atoms with E-state index < -0.39 is 11.6 Å². The standard InChI is InChI=1S/C14H20F2N2/c1-3-14-9-18(10(2)7-17-14)8-11-4-12(15)6-13(16)5-11/h4-6,10,14,17H,3,7-9H2,1-2H3. The lowest BCUT2D eigenvalue weighted by Crippen LogP contribution is -2.54. The van der Waals surface area contributed by atoms with Crippen molar-refractivity contribution in [1.82, 2.24) is 10.2 Å². The SMILES string of the molecule is CCC1CN(Cc2cc(F)cc(F)c2)C(C)CN1. The number of hydrogen-bond acceptors (Lipinski definition) is 2. The summed E-state index contributed by atoms with van der Waals surface area (Å²) >= 11 is 0. The van der Waals surface area contributed by atoms with Gasteiger partial charge in [0.1, 0.15) is 11.6 Å². The maximum atomic E-state index is 13.2. The van der Waals surface area contributed by atoms with Gasteiger partial charge < -0.3 is 5.32 Å². The summed E-state index contributed by atoms with van der Waals surface area (Å²) in [6.45, 7) is 6.74. The van der Waals surface area contributed by atoms with E-state index in [2.05, 4.69) is 24.1 Å². The second kappa shape index (κ2) is 5.76. The molecule has 0 spiro atoms. The second-order valence-electron chi connectivity index (χ2n) is 5.07. The molecule has 1 N–H and O–H groups in total. The highest BCUT2D eigenvalue weighted by atomic mass is 19.1. The molecule has 1 aromatic carbocycles. The number of piperazine rings is 1. The third-order valence-corrected chi connectivity index (χ3v) is 3.58. The molecule has 1 fully saturated rings. The molecule has 2 rings (SSSR count). The smallest absolute Gasteiger partial charge is 0.126 e. The van der Waals surface area contributed by atoms with Crippen LogP contribution in [0.15, 0.2) is 18.2 Å². The summed E-state index contributed by atoms with van der Waals surface area (Å²) in [5, 5.41) is 3.47. The monoisotopic (exact) mass is 254 g/mol. The zero-order chi connectivity index (χ0) is 13.1. The lowest BCUT2D eigenvalue weighted by Gasteiger charge is -2.38. The summed E-state index contributed by atoms with van der Waals surface area (Å²) < 4.78 is 26.3. The number of rotatable bonds is 3. The Bertz CT molecular complexity index is 389. The van der Waals surface area contributed by atoms with Crippen molar-refractivity contribution in [2.24, 2.45) is 0 Å². The first-order valence-electron chi connectivity index (χ1n) is 6.51. The van der Waals surface area contributed by atoms with E-state index in [9.17, 15) is 8.78 Å². The normalized spacial score (nSPS) is 25.3. The maximum absolute atomic E-state index is 13.2. The van der Waals surface area contributed by atoms with E-state index in [1.54, 1.807) is 0 Å². The minimum absolute atomic E-state index is 0.388. The average Bonchev–Trinajstić information content (AvgIpc) is 2.30. The third kappa shape index (κ3) is 3.27. The Labute approximate surface area is 107 Å². The summed E-state index contributed by atoms with van der Waals surface area (Å²) in [6.07, 6.45) is 1.07. The van der Waals surface area contributed by atoms with Crippen molar-refractivity contribution < 1.29 is 8.78 Å². The Kier molecular flexibility index (Phi) is 4.30. The van der Waals surface area contributed by atoms with E-state index in [1.807, 2.05) is 0 Å². The van der Waals surface area contributed by atoms with Crippen molar-refractivity contribution in [3.05, 3.63) is 35.4 Å². The third-order valence-electron chi connectivity index (χ3n) is 3.58. The van der Waals surface area contributed by atoms with Crippen molar-refractivity contribution in [3.63, 3.8) is 0 Å². The maximum Gasteiger partial charge on any atom is 0.126 e. The van der Waals surface area contributed by atoms with Crippen LogP contribution in [0.25, 0.3) is 0 Å². The summed E-state index contributed by atoms with van der Waals surface area (Å²) in [5.74, 6) is -1.00. The molecule has 1 saturated heterocycles. The fraction of sp³-hybridized carbons (Fsp3) is 0.571. The van der Waals surface area contributed by atoms with Gasteiger partial charge in [-0.1, -0.05) is 6.92 Å². The zero-order valence-corrected chi connectivity index (χ0v) is 10.9. The lowest BCUT2D eigenvalue weighted by atomic mass is 10.1. The first-order chi connectivity index (χ1) is 8.58. The van der Waals surface area contributed by atoms with Crippen LogP contribution >= 0.6 is 0 Å². The molecule has 2 atom stereocenters. The topological polar surface area (TPSA) is 15.3 Å². The largest absolute Gasteiger partial charge is 0.311 e. The highest BCUT2D eigenvalue weighted by Gasteiger charge is 2.23. The highest BCUT2D eigenvalue weighted by Crippen LogP contribution is 2.15. The van der Waals surface area contributed by atoms with Crippen molar-refractivity contribution in [3.8, 4) is 0 Å². The zero-order valence-electron chi connectivity index (χ0n) is 10.9. The van der Waals surface area contributed by atoms with Crippen LogP contribution in [0.3, 0.4) is 0 Å². The molecule has 0 aromatic heterocycles. The summed E-state index contributed by atoms with van der Waals surface area (Å²) in [7, 11) is 0. The van der Waals surface area contributed by atoms with Crippen molar-refractivity contribution in [2.75, 3.05) is 13.1 Å². The number of nitrogens with zero attached hydrogens (tertiary/aromatic N) is 1. The molecule has 4 heteroatoms. The molecule has 1 heterocycles. The molecule has 18 heavy (non-hydrogen) atoms. The van der Waals surface area contributed by atoms with E-state index >= 15 is 0 Å². The Hall–Kier alpha value is -1.00. The van der Waals surface area contributed by atoms with Gasteiger partial charge in [0.2, 0.25) is 0 Å². The fourth-order valence-electron chi connectivity index (χ4n) is 2.42. The number of benzene rings is 1. The fourth-order valence-corrected chi connectivity index (χ4v) is 2.42. The van der Waals surface area contributed by atoms with Crippen LogP contribution in [-0.4, -0.2) is 30.1 Å². The molecular weight excluding hydrogens is 234 g/mol. The van der Waals surface area contributed by atoms with Crippen molar-refractivity contribution in [2.45, 2.75) is 38.9 Å². The summed E-state index contributed by atoms with van der Waals surface area (Å²) in [4.78, 5) is 2.28. The molecule has 1 aromatic rings. The molecule has 0 aliphatic carbocycles. The molecule has 0 radical (unpaired) electrons. The van der Waals surface area contributed by atoms with Gasteiger partial charge in [0.05, 0.1) is 0 Å². The Morgan fingerprint density at radius 3 is 2.56 bits per heavy atom. The molecule has 0 amide bonds. The van der Waals surface area contributed by atoms with Gasteiger partial charge >= 0.3 is 0 Å². The predicted octanol–water partition coefficient (Wildman–Crippen LogP) is 2.54. The van der Waals surface area contributed by atoms with E-state index in [0.717, 1.165) is 25.6 Å². The molecule has 1 aliphatic heterocycles. The van der Waals surface area contributed by atoms with Crippen LogP contribution in [-0.2, 0) is 6.54 Å².